The molecule has 0 aliphatic heterocycles. The average Bonchev–Trinajstić information content (AvgIpc) is 2.48. The number of hydrogen-bond donors (Lipinski definition) is 1. The van der Waals surface area contributed by atoms with E-state index in [1.165, 1.54) is 5.57 Å². The van der Waals surface area contributed by atoms with E-state index in [9.17, 15) is 9.90 Å². The number of Topliss-reactive ketones (excluding diaryl/α,β-unsaturated/α-hetero) is 1. The molecule has 0 radical (unpaired) electrons. The summed E-state index contributed by atoms with van der Waals surface area (Å²) in [6, 6.07) is 13.6. The van der Waals surface area contributed by atoms with Gasteiger partial charge in [0.15, 0.2) is 5.78 Å². The van der Waals surface area contributed by atoms with E-state index in [2.05, 4.69) is 0 Å². The molecule has 0 saturated carbocycles. The molecular weight excluding hydrogens is 248 g/mol. The lowest BCUT2D eigenvalue weighted by Gasteiger charge is -2.24. The van der Waals surface area contributed by atoms with Crippen molar-refractivity contribution in [2.24, 2.45) is 5.92 Å². The molecule has 20 heavy (non-hydrogen) atoms. The fourth-order valence-corrected chi connectivity index (χ4v) is 2.93. The molecule has 2 aromatic carbocycles. The predicted molar refractivity (Wildman–Crippen MR) is 80.8 cm³/mol. The van der Waals surface area contributed by atoms with Crippen LogP contribution >= 0.6 is 0 Å². The van der Waals surface area contributed by atoms with E-state index in [0.29, 0.717) is 12.0 Å². The highest BCUT2D eigenvalue weighted by molar-refractivity contribution is 6.10. The van der Waals surface area contributed by atoms with E-state index in [1.54, 1.807) is 0 Å². The van der Waals surface area contributed by atoms with Crippen LogP contribution in [-0.2, 0) is 0 Å². The second-order valence-electron chi connectivity index (χ2n) is 5.54. The Morgan fingerprint density at radius 2 is 1.90 bits per heavy atom. The fraction of sp³-hybridized carbons (Fsp3) is 0.278. The number of allylic oxidation sites excluding steroid dienone is 1. The number of ketones is 1. The van der Waals surface area contributed by atoms with Crippen molar-refractivity contribution in [1.29, 1.82) is 0 Å². The molecule has 0 saturated heterocycles. The minimum absolute atomic E-state index is 0.0216. The van der Waals surface area contributed by atoms with Gasteiger partial charge in [-0.15, -0.1) is 0 Å². The normalized spacial score (nSPS) is 22.6. The molecule has 1 N–H and O–H groups in total. The molecule has 0 amide bonds. The van der Waals surface area contributed by atoms with Gasteiger partial charge < -0.3 is 5.11 Å². The maximum absolute atomic E-state index is 12.8. The van der Waals surface area contributed by atoms with Crippen molar-refractivity contribution < 1.29 is 9.90 Å². The molecule has 2 unspecified atom stereocenters. The summed E-state index contributed by atoms with van der Waals surface area (Å²) >= 11 is 0. The summed E-state index contributed by atoms with van der Waals surface area (Å²) in [5.41, 5.74) is 1.90. The van der Waals surface area contributed by atoms with Crippen LogP contribution < -0.4 is 0 Å². The van der Waals surface area contributed by atoms with Crippen LogP contribution in [0.5, 0.6) is 0 Å². The van der Waals surface area contributed by atoms with Crippen molar-refractivity contribution >= 4 is 16.6 Å². The summed E-state index contributed by atoms with van der Waals surface area (Å²) in [5, 5.41) is 12.1. The Kier molecular flexibility index (Phi) is 3.41. The van der Waals surface area contributed by atoms with Crippen LogP contribution in [0.2, 0.25) is 0 Å². The van der Waals surface area contributed by atoms with E-state index in [0.717, 1.165) is 17.2 Å². The molecule has 2 nitrogen and oxygen atoms in total. The van der Waals surface area contributed by atoms with Crippen molar-refractivity contribution in [2.45, 2.75) is 25.9 Å². The summed E-state index contributed by atoms with van der Waals surface area (Å²) in [5.74, 6) is -0.386. The lowest BCUT2D eigenvalue weighted by Crippen LogP contribution is -2.29. The van der Waals surface area contributed by atoms with Gasteiger partial charge in [-0.3, -0.25) is 4.79 Å². The second kappa shape index (κ2) is 5.22. The molecule has 2 heteroatoms. The maximum atomic E-state index is 12.8. The number of carbonyl (C=O) groups excluding carboxylic acids is 1. The Hall–Kier alpha value is -1.93. The van der Waals surface area contributed by atoms with Crippen LogP contribution in [0.15, 0.2) is 54.1 Å². The Morgan fingerprint density at radius 3 is 2.75 bits per heavy atom. The number of aliphatic hydroxyl groups is 1. The van der Waals surface area contributed by atoms with E-state index in [-0.39, 0.29) is 5.78 Å². The maximum Gasteiger partial charge on any atom is 0.172 e. The van der Waals surface area contributed by atoms with Gasteiger partial charge in [-0.05, 0) is 30.5 Å². The third kappa shape index (κ3) is 2.27. The summed E-state index contributed by atoms with van der Waals surface area (Å²) < 4.78 is 0. The van der Waals surface area contributed by atoms with Gasteiger partial charge in [0.2, 0.25) is 0 Å². The molecule has 1 aliphatic carbocycles. The van der Waals surface area contributed by atoms with Gasteiger partial charge in [0.1, 0.15) is 0 Å². The predicted octanol–water partition coefficient (Wildman–Crippen LogP) is 3.74. The van der Waals surface area contributed by atoms with Crippen LogP contribution in [0.4, 0.5) is 0 Å². The zero-order valence-corrected chi connectivity index (χ0v) is 11.5. The van der Waals surface area contributed by atoms with Crippen LogP contribution in [0.3, 0.4) is 0 Å². The fourth-order valence-electron chi connectivity index (χ4n) is 2.93. The van der Waals surface area contributed by atoms with Crippen LogP contribution in [0.25, 0.3) is 10.8 Å². The highest BCUT2D eigenvalue weighted by atomic mass is 16.3. The smallest absolute Gasteiger partial charge is 0.172 e. The number of hydrogen-bond acceptors (Lipinski definition) is 2. The van der Waals surface area contributed by atoms with Gasteiger partial charge in [-0.1, -0.05) is 54.1 Å². The molecule has 0 bridgehead atoms. The average molecular weight is 266 g/mol. The molecule has 0 aromatic heterocycles. The first-order valence-electron chi connectivity index (χ1n) is 7.04. The number of carbonyl (C=O) groups is 1. The molecule has 2 atom stereocenters. The van der Waals surface area contributed by atoms with Crippen LogP contribution in [0.1, 0.15) is 30.1 Å². The van der Waals surface area contributed by atoms with Crippen molar-refractivity contribution in [3.05, 3.63) is 59.7 Å². The minimum atomic E-state index is -0.565. The van der Waals surface area contributed by atoms with Gasteiger partial charge in [0.05, 0.1) is 12.0 Å². The first-order valence-corrected chi connectivity index (χ1v) is 7.04. The van der Waals surface area contributed by atoms with Crippen LogP contribution in [-0.4, -0.2) is 17.0 Å². The largest absolute Gasteiger partial charge is 0.392 e. The van der Waals surface area contributed by atoms with Crippen molar-refractivity contribution in [3.63, 3.8) is 0 Å². The molecule has 0 heterocycles. The number of aliphatic hydroxyl groups excluding tert-OH is 1. The topological polar surface area (TPSA) is 37.3 Å². The summed E-state index contributed by atoms with van der Waals surface area (Å²) in [6.45, 7) is 2.02. The molecule has 102 valence electrons. The van der Waals surface area contributed by atoms with Crippen molar-refractivity contribution in [2.75, 3.05) is 0 Å². The Bertz CT molecular complexity index is 679. The summed E-state index contributed by atoms with van der Waals surface area (Å²) in [6.07, 6.45) is 2.91. The van der Waals surface area contributed by atoms with Crippen LogP contribution in [0, 0.1) is 5.92 Å². The quantitative estimate of drug-likeness (QED) is 0.664. The Morgan fingerprint density at radius 1 is 1.15 bits per heavy atom. The SMILES string of the molecule is CC1=CC(C(=O)c2cccc3ccccc23)C(O)CC1. The highest BCUT2D eigenvalue weighted by Gasteiger charge is 2.29. The van der Waals surface area contributed by atoms with Crippen molar-refractivity contribution in [3.8, 4) is 0 Å². The Labute approximate surface area is 118 Å². The van der Waals surface area contributed by atoms with E-state index >= 15 is 0 Å². The molecule has 3 rings (SSSR count). The second-order valence-corrected chi connectivity index (χ2v) is 5.54. The highest BCUT2D eigenvalue weighted by Crippen LogP contribution is 2.28. The third-order valence-corrected chi connectivity index (χ3v) is 4.07. The first kappa shape index (κ1) is 13.1. The first-order chi connectivity index (χ1) is 9.66. The molecule has 0 spiro atoms. The van der Waals surface area contributed by atoms with Gasteiger partial charge in [-0.25, -0.2) is 0 Å². The van der Waals surface area contributed by atoms with E-state index in [4.69, 9.17) is 0 Å². The standard InChI is InChI=1S/C18H18O2/c1-12-9-10-17(19)16(11-12)18(20)15-8-4-6-13-5-2-3-7-14(13)15/h2-8,11,16-17,19H,9-10H2,1H3. The van der Waals surface area contributed by atoms with Gasteiger partial charge in [0.25, 0.3) is 0 Å². The number of fused-ring (bicyclic) bond motifs is 1. The zero-order valence-electron chi connectivity index (χ0n) is 11.5. The van der Waals surface area contributed by atoms with E-state index in [1.807, 2.05) is 55.5 Å². The Balaban J connectivity index is 2.07. The van der Waals surface area contributed by atoms with Crippen molar-refractivity contribution in [1.82, 2.24) is 0 Å². The number of benzene rings is 2. The van der Waals surface area contributed by atoms with Gasteiger partial charge in [0, 0.05) is 5.56 Å². The molecule has 0 fully saturated rings. The van der Waals surface area contributed by atoms with Gasteiger partial charge >= 0.3 is 0 Å². The zero-order chi connectivity index (χ0) is 14.1. The molecule has 1 aliphatic rings. The number of rotatable bonds is 2. The summed E-state index contributed by atoms with van der Waals surface area (Å²) in [7, 11) is 0. The third-order valence-electron chi connectivity index (χ3n) is 4.07. The monoisotopic (exact) mass is 266 g/mol. The minimum Gasteiger partial charge on any atom is -0.392 e. The summed E-state index contributed by atoms with van der Waals surface area (Å²) in [4.78, 5) is 12.8. The molecule has 2 aromatic rings. The van der Waals surface area contributed by atoms with Gasteiger partial charge in [-0.2, -0.15) is 0 Å². The molecular formula is C18H18O2. The van der Waals surface area contributed by atoms with E-state index < -0.39 is 12.0 Å². The lowest BCUT2D eigenvalue weighted by atomic mass is 9.82. The lowest BCUT2D eigenvalue weighted by molar-refractivity contribution is 0.0725.